The van der Waals surface area contributed by atoms with Crippen LogP contribution in [0.4, 0.5) is 17.1 Å². The Morgan fingerprint density at radius 1 is 0.738 bits per heavy atom. The van der Waals surface area contributed by atoms with E-state index in [2.05, 4.69) is 20.6 Å². The monoisotopic (exact) mass is 835 g/mol. The van der Waals surface area contributed by atoms with Crippen molar-refractivity contribution in [1.82, 2.24) is 9.97 Å². The summed E-state index contributed by atoms with van der Waals surface area (Å²) in [5, 5.41) is 8.87. The number of ether oxygens (including phenoxy) is 2. The molecule has 1 aliphatic heterocycles. The second kappa shape index (κ2) is 17.5. The Morgan fingerprint density at radius 2 is 1.33 bits per heavy atom. The summed E-state index contributed by atoms with van der Waals surface area (Å²) in [4.78, 5) is 77.3. The van der Waals surface area contributed by atoms with E-state index in [-0.39, 0.29) is 52.6 Å². The van der Waals surface area contributed by atoms with Gasteiger partial charge in [-0.1, -0.05) is 66.2 Å². The van der Waals surface area contributed by atoms with E-state index in [1.165, 1.54) is 21.1 Å². The summed E-state index contributed by atoms with van der Waals surface area (Å²) in [5.74, 6) is -1.11. The third-order valence-corrected chi connectivity index (χ3v) is 10.3. The molecule has 0 fully saturated rings. The van der Waals surface area contributed by atoms with Gasteiger partial charge in [-0.3, -0.25) is 9.59 Å². The maximum Gasteiger partial charge on any atom is 0.373 e. The second-order valence-corrected chi connectivity index (χ2v) is 14.0. The van der Waals surface area contributed by atoms with Gasteiger partial charge in [0.05, 0.1) is 52.8 Å². The number of anilines is 3. The molecule has 0 atom stereocenters. The fourth-order valence-electron chi connectivity index (χ4n) is 7.16. The van der Waals surface area contributed by atoms with Crippen LogP contribution in [0, 0.1) is 0 Å². The van der Waals surface area contributed by atoms with E-state index in [1.54, 1.807) is 66.7 Å². The number of rotatable bonds is 10. The molecule has 304 valence electrons. The predicted octanol–water partition coefficient (Wildman–Crippen LogP) is 8.31. The fraction of sp³-hybridized carbons (Fsp3) is 0.109. The Morgan fingerprint density at radius 3 is 1.95 bits per heavy atom. The van der Waals surface area contributed by atoms with Gasteiger partial charge in [0.15, 0.2) is 5.78 Å². The number of pyridine rings is 2. The molecule has 3 heterocycles. The van der Waals surface area contributed by atoms with E-state index in [4.69, 9.17) is 40.8 Å². The Labute approximate surface area is 351 Å². The first-order valence-corrected chi connectivity index (χ1v) is 18.9. The highest BCUT2D eigenvalue weighted by Crippen LogP contribution is 2.45. The third-order valence-electron chi connectivity index (χ3n) is 10.0. The number of methoxy groups -OCH3 is 2. The van der Waals surface area contributed by atoms with Crippen molar-refractivity contribution in [2.45, 2.75) is 20.0 Å². The lowest BCUT2D eigenvalue weighted by molar-refractivity contribution is -0.191. The van der Waals surface area contributed by atoms with E-state index in [9.17, 15) is 19.2 Å². The largest absolute Gasteiger partial charge is 0.465 e. The maximum absolute atomic E-state index is 14.1. The second-order valence-electron chi connectivity index (χ2n) is 13.6. The van der Waals surface area contributed by atoms with Gasteiger partial charge in [-0.25, -0.2) is 19.6 Å². The first-order valence-electron chi connectivity index (χ1n) is 18.5. The molecule has 2 aromatic heterocycles. The number of benzene rings is 5. The highest BCUT2D eigenvalue weighted by molar-refractivity contribution is 6.31. The lowest BCUT2D eigenvalue weighted by atomic mass is 9.88. The predicted molar refractivity (Wildman–Crippen MR) is 230 cm³/mol. The van der Waals surface area contributed by atoms with E-state index in [1.807, 2.05) is 36.4 Å². The third kappa shape index (κ3) is 7.96. The Kier molecular flexibility index (Phi) is 11.8. The number of nitrogen functional groups attached to an aromatic ring is 1. The van der Waals surface area contributed by atoms with Gasteiger partial charge in [0, 0.05) is 58.5 Å². The van der Waals surface area contributed by atoms with Gasteiger partial charge in [-0.05, 0) is 54.1 Å². The molecule has 14 nitrogen and oxygen atoms in total. The van der Waals surface area contributed by atoms with Gasteiger partial charge in [0.25, 0.3) is 0 Å². The molecule has 8 rings (SSSR count). The van der Waals surface area contributed by atoms with Crippen molar-refractivity contribution < 1.29 is 37.9 Å². The number of fused-ring (bicyclic) bond motifs is 4. The van der Waals surface area contributed by atoms with Crippen LogP contribution in [0.25, 0.3) is 55.2 Å². The molecular formula is C46H34ClN5O9. The number of carbonyl (C=O) groups excluding carboxylic acids is 5. The van der Waals surface area contributed by atoms with E-state index in [0.29, 0.717) is 67.0 Å². The highest BCUT2D eigenvalue weighted by Gasteiger charge is 2.28. The van der Waals surface area contributed by atoms with Crippen molar-refractivity contribution in [2.24, 2.45) is 0 Å². The van der Waals surface area contributed by atoms with Crippen molar-refractivity contribution in [2.75, 3.05) is 30.6 Å². The van der Waals surface area contributed by atoms with Crippen LogP contribution in [0.5, 0.6) is 0 Å². The lowest BCUT2D eigenvalue weighted by Crippen LogP contribution is -2.17. The molecule has 4 aromatic carbocycles. The quantitative estimate of drug-likeness (QED) is 0.0512. The van der Waals surface area contributed by atoms with Gasteiger partial charge < -0.3 is 30.3 Å². The van der Waals surface area contributed by atoms with Gasteiger partial charge >= 0.3 is 18.1 Å². The highest BCUT2D eigenvalue weighted by atomic mass is 35.5. The average molecular weight is 836 g/mol. The van der Waals surface area contributed by atoms with Crippen LogP contribution in [-0.4, -0.2) is 48.1 Å². The number of aromatic nitrogens is 2. The number of Topliss-reactive ketones (excluding diaryl/α,β-unsaturated/α-hetero) is 1. The Hall–Kier alpha value is -7.93. The summed E-state index contributed by atoms with van der Waals surface area (Å²) < 4.78 is 16.9. The number of para-hydroxylation sites is 2. The van der Waals surface area contributed by atoms with Crippen LogP contribution < -0.4 is 21.8 Å². The lowest BCUT2D eigenvalue weighted by Gasteiger charge is -2.22. The molecule has 0 bridgehead atoms. The van der Waals surface area contributed by atoms with Gasteiger partial charge in [0.1, 0.15) is 22.7 Å². The number of ketones is 1. The number of carbonyl (C=O) groups is 3. The molecule has 15 heteroatoms. The smallest absolute Gasteiger partial charge is 0.373 e. The molecule has 1 aliphatic carbocycles. The molecule has 0 saturated carbocycles. The first-order chi connectivity index (χ1) is 29.5. The van der Waals surface area contributed by atoms with Crippen LogP contribution in [0.3, 0.4) is 0 Å². The SMILES string of the molecule is COC(=O)c1ccc2cccc(NCc3c4oc5c(CNc6cccc7ccc(C(C)=O)nc67)c(N)ccc5c(-c5ccccc5C(=O)OC)c-4cc(Cl)c3=O)c2n1.O=C=O. The van der Waals surface area contributed by atoms with Gasteiger partial charge in [-0.2, -0.15) is 9.59 Å². The van der Waals surface area contributed by atoms with Crippen LogP contribution in [0.15, 0.2) is 112 Å². The molecule has 0 spiro atoms. The number of hydrogen-bond acceptors (Lipinski definition) is 14. The average Bonchev–Trinajstić information content (AvgIpc) is 3.27. The van der Waals surface area contributed by atoms with Crippen LogP contribution in [-0.2, 0) is 32.2 Å². The number of nitrogens with one attached hydrogen (secondary N) is 2. The standard InChI is InChI=1S/C45H34ClN5O7.CO2/c1-23(52)34-18-14-24-8-6-12-35(39(24)50-34)48-21-30-33(47)17-16-28-38(26-10-4-5-11-27(26)44(54)56-2)29-20-32(46)41(53)31(43(29)58-42(28)30)22-49-36-13-7-9-25-15-19-37(45(55)57-3)51-40(25)36;2-1-3/h4-20,48-49H,21-22,47H2,1-3H3;. The number of halogens is 1. The van der Waals surface area contributed by atoms with Crippen molar-refractivity contribution in [3.63, 3.8) is 0 Å². The molecule has 4 N–H and O–H groups in total. The fourth-order valence-corrected chi connectivity index (χ4v) is 7.38. The molecular weight excluding hydrogens is 802 g/mol. The summed E-state index contributed by atoms with van der Waals surface area (Å²) in [5.41, 5.74) is 12.3. The summed E-state index contributed by atoms with van der Waals surface area (Å²) >= 11 is 6.74. The Balaban J connectivity index is 0.00000182. The van der Waals surface area contributed by atoms with Crippen molar-refractivity contribution in [1.29, 1.82) is 0 Å². The van der Waals surface area contributed by atoms with Crippen molar-refractivity contribution >= 4 is 85.3 Å². The number of nitrogens with zero attached hydrogens (tertiary/aromatic N) is 2. The molecule has 0 amide bonds. The van der Waals surface area contributed by atoms with Gasteiger partial charge in [0.2, 0.25) is 5.43 Å². The maximum atomic E-state index is 14.1. The summed E-state index contributed by atoms with van der Waals surface area (Å²) in [6.45, 7) is 1.55. The minimum atomic E-state index is -0.591. The van der Waals surface area contributed by atoms with E-state index in [0.717, 1.165) is 10.8 Å². The normalized spacial score (nSPS) is 10.8. The number of hydrogen-bond donors (Lipinski definition) is 3. The van der Waals surface area contributed by atoms with Crippen LogP contribution >= 0.6 is 11.6 Å². The van der Waals surface area contributed by atoms with Gasteiger partial charge in [-0.15, -0.1) is 0 Å². The molecule has 0 saturated heterocycles. The van der Waals surface area contributed by atoms with E-state index >= 15 is 0 Å². The minimum Gasteiger partial charge on any atom is -0.465 e. The summed E-state index contributed by atoms with van der Waals surface area (Å²) in [7, 11) is 2.59. The van der Waals surface area contributed by atoms with Crippen LogP contribution in [0.2, 0.25) is 5.02 Å². The zero-order valence-corrected chi connectivity index (χ0v) is 33.5. The number of esters is 2. The van der Waals surface area contributed by atoms with E-state index < -0.39 is 17.4 Å². The minimum absolute atomic E-state index is 0.0645. The summed E-state index contributed by atoms with van der Waals surface area (Å²) in [6, 6.07) is 30.1. The van der Waals surface area contributed by atoms with Crippen molar-refractivity contribution in [3.8, 4) is 22.5 Å². The topological polar surface area (TPSA) is 210 Å². The molecule has 61 heavy (non-hydrogen) atoms. The molecule has 2 aliphatic rings. The first kappa shape index (κ1) is 41.2. The Bertz CT molecular complexity index is 3120. The van der Waals surface area contributed by atoms with Crippen molar-refractivity contribution in [3.05, 3.63) is 146 Å². The zero-order chi connectivity index (χ0) is 43.4. The zero-order valence-electron chi connectivity index (χ0n) is 32.8. The summed E-state index contributed by atoms with van der Waals surface area (Å²) in [6.07, 6.45) is 0.250. The molecule has 0 radical (unpaired) electrons. The van der Waals surface area contributed by atoms with Crippen LogP contribution in [0.1, 0.15) is 49.4 Å². The molecule has 0 unspecified atom stereocenters. The number of nitrogens with two attached hydrogens (primary N) is 1. The molecule has 6 aromatic rings.